The van der Waals surface area contributed by atoms with Crippen molar-refractivity contribution in [2.24, 2.45) is 4.99 Å². The largest absolute Gasteiger partial charge is 0.286 e. The van der Waals surface area contributed by atoms with Gasteiger partial charge in [-0.05, 0) is 52.8 Å². The summed E-state index contributed by atoms with van der Waals surface area (Å²) in [5.74, 6) is 0.879. The van der Waals surface area contributed by atoms with Gasteiger partial charge in [0, 0.05) is 15.9 Å². The first-order chi connectivity index (χ1) is 11.2. The molecular formula is C18H17IN2OS. The number of carbonyl (C=O) groups excluding carboxylic acids is 1. The van der Waals surface area contributed by atoms with Crippen LogP contribution < -0.4 is 0 Å². The van der Waals surface area contributed by atoms with Gasteiger partial charge in [-0.2, -0.15) is 0 Å². The van der Waals surface area contributed by atoms with Crippen LogP contribution in [0.3, 0.4) is 0 Å². The van der Waals surface area contributed by atoms with E-state index in [1.54, 1.807) is 16.7 Å². The zero-order valence-corrected chi connectivity index (χ0v) is 15.8. The van der Waals surface area contributed by atoms with Crippen LogP contribution in [0.2, 0.25) is 0 Å². The predicted octanol–water partition coefficient (Wildman–Crippen LogP) is 4.34. The number of thioether (sulfide) groups is 1. The van der Waals surface area contributed by atoms with E-state index >= 15 is 0 Å². The number of aryl methyl sites for hydroxylation is 1. The molecule has 0 atom stereocenters. The molecule has 0 aromatic heterocycles. The number of benzene rings is 2. The topological polar surface area (TPSA) is 32.7 Å². The van der Waals surface area contributed by atoms with Gasteiger partial charge in [-0.15, -0.1) is 0 Å². The lowest BCUT2D eigenvalue weighted by Crippen LogP contribution is -2.33. The highest BCUT2D eigenvalue weighted by Gasteiger charge is 2.26. The molecule has 0 saturated heterocycles. The highest BCUT2D eigenvalue weighted by atomic mass is 127. The summed E-state index contributed by atoms with van der Waals surface area (Å²) < 4.78 is 0.977. The molecule has 0 fully saturated rings. The van der Waals surface area contributed by atoms with Crippen molar-refractivity contribution in [2.75, 3.05) is 13.1 Å². The molecule has 2 aromatic rings. The highest BCUT2D eigenvalue weighted by Crippen LogP contribution is 2.24. The van der Waals surface area contributed by atoms with Crippen LogP contribution in [-0.4, -0.2) is 29.1 Å². The normalized spacial score (nSPS) is 14.0. The highest BCUT2D eigenvalue weighted by molar-refractivity contribution is 14.1. The molecule has 0 bridgehead atoms. The Morgan fingerprint density at radius 2 is 1.96 bits per heavy atom. The van der Waals surface area contributed by atoms with Gasteiger partial charge >= 0.3 is 0 Å². The Balaban J connectivity index is 1.72. The number of carbonyl (C=O) groups is 1. The van der Waals surface area contributed by atoms with Crippen molar-refractivity contribution < 1.29 is 4.79 Å². The average molecular weight is 436 g/mol. The first-order valence-electron chi connectivity index (χ1n) is 7.45. The van der Waals surface area contributed by atoms with E-state index in [4.69, 9.17) is 0 Å². The second kappa shape index (κ2) is 7.49. The molecule has 118 valence electrons. The van der Waals surface area contributed by atoms with Crippen molar-refractivity contribution >= 4 is 45.4 Å². The first kappa shape index (κ1) is 16.5. The van der Waals surface area contributed by atoms with Crippen molar-refractivity contribution in [3.05, 3.63) is 68.8 Å². The third-order valence-corrected chi connectivity index (χ3v) is 5.77. The number of hydrogen-bond donors (Lipinski definition) is 0. The molecule has 2 aromatic carbocycles. The Bertz CT molecular complexity index is 760. The number of nitrogens with zero attached hydrogens (tertiary/aromatic N) is 2. The van der Waals surface area contributed by atoms with Crippen molar-refractivity contribution in [1.29, 1.82) is 0 Å². The number of hydrogen-bond acceptors (Lipinski definition) is 3. The third kappa shape index (κ3) is 3.77. The summed E-state index contributed by atoms with van der Waals surface area (Å²) in [4.78, 5) is 19.1. The fraction of sp³-hybridized carbons (Fsp3) is 0.222. The van der Waals surface area contributed by atoms with Crippen LogP contribution in [0.4, 0.5) is 0 Å². The number of aliphatic imine (C=N–C) groups is 1. The first-order valence-corrected chi connectivity index (χ1v) is 9.51. The lowest BCUT2D eigenvalue weighted by molar-refractivity contribution is 0.0859. The molecular weight excluding hydrogens is 419 g/mol. The maximum absolute atomic E-state index is 12.8. The summed E-state index contributed by atoms with van der Waals surface area (Å²) in [7, 11) is 0. The SMILES string of the molecule is Cc1ccccc1CSC1=NCCN1C(=O)c1ccccc1I. The van der Waals surface area contributed by atoms with Crippen LogP contribution >= 0.6 is 34.4 Å². The maximum atomic E-state index is 12.8. The van der Waals surface area contributed by atoms with E-state index < -0.39 is 0 Å². The van der Waals surface area contributed by atoms with Crippen LogP contribution in [0.15, 0.2) is 53.5 Å². The van der Waals surface area contributed by atoms with Gasteiger partial charge in [0.1, 0.15) is 0 Å². The number of amides is 1. The molecule has 3 nitrogen and oxygen atoms in total. The van der Waals surface area contributed by atoms with Gasteiger partial charge in [0.2, 0.25) is 0 Å². The van der Waals surface area contributed by atoms with Gasteiger partial charge in [0.05, 0.1) is 12.1 Å². The molecule has 23 heavy (non-hydrogen) atoms. The molecule has 0 radical (unpaired) electrons. The van der Waals surface area contributed by atoms with Gasteiger partial charge in [0.15, 0.2) is 5.17 Å². The van der Waals surface area contributed by atoms with Gasteiger partial charge in [-0.25, -0.2) is 0 Å². The Morgan fingerprint density at radius 1 is 1.22 bits per heavy atom. The van der Waals surface area contributed by atoms with Gasteiger partial charge < -0.3 is 0 Å². The van der Waals surface area contributed by atoms with E-state index in [1.165, 1.54) is 11.1 Å². The number of halogens is 1. The standard InChI is InChI=1S/C18H17IN2OS/c1-13-6-2-3-7-14(13)12-23-18-20-10-11-21(18)17(22)15-8-4-5-9-16(15)19/h2-9H,10-12H2,1H3. The molecule has 0 aliphatic carbocycles. The second-order valence-electron chi connectivity index (χ2n) is 5.32. The Morgan fingerprint density at radius 3 is 2.74 bits per heavy atom. The molecule has 1 aliphatic heterocycles. The van der Waals surface area contributed by atoms with Gasteiger partial charge in [-0.1, -0.05) is 48.2 Å². The molecule has 5 heteroatoms. The fourth-order valence-corrected chi connectivity index (χ4v) is 4.17. The lowest BCUT2D eigenvalue weighted by atomic mass is 10.1. The van der Waals surface area contributed by atoms with Crippen molar-refractivity contribution in [1.82, 2.24) is 4.90 Å². The summed E-state index contributed by atoms with van der Waals surface area (Å²) in [6, 6.07) is 16.0. The Labute approximate surface area is 154 Å². The third-order valence-electron chi connectivity index (χ3n) is 3.77. The molecule has 0 saturated carbocycles. The molecule has 1 aliphatic rings. The fourth-order valence-electron chi connectivity index (χ4n) is 2.43. The van der Waals surface area contributed by atoms with E-state index in [0.717, 1.165) is 20.1 Å². The van der Waals surface area contributed by atoms with Gasteiger partial charge in [0.25, 0.3) is 5.91 Å². The summed E-state index contributed by atoms with van der Waals surface area (Å²) in [5, 5.41) is 0.831. The van der Waals surface area contributed by atoms with Crippen molar-refractivity contribution in [2.45, 2.75) is 12.7 Å². The molecule has 0 unspecified atom stereocenters. The Kier molecular flexibility index (Phi) is 5.38. The molecule has 3 rings (SSSR count). The smallest absolute Gasteiger partial charge is 0.260 e. The van der Waals surface area contributed by atoms with Gasteiger partial charge in [-0.3, -0.25) is 14.7 Å². The minimum Gasteiger partial charge on any atom is -0.286 e. The van der Waals surface area contributed by atoms with Crippen molar-refractivity contribution in [3.8, 4) is 0 Å². The molecule has 1 heterocycles. The number of amidine groups is 1. The summed E-state index contributed by atoms with van der Waals surface area (Å²) in [6.45, 7) is 3.47. The summed E-state index contributed by atoms with van der Waals surface area (Å²) in [6.07, 6.45) is 0. The molecule has 1 amide bonds. The van der Waals surface area contributed by atoms with E-state index in [-0.39, 0.29) is 5.91 Å². The zero-order valence-electron chi connectivity index (χ0n) is 12.8. The molecule has 0 spiro atoms. The predicted molar refractivity (Wildman–Crippen MR) is 105 cm³/mol. The maximum Gasteiger partial charge on any atom is 0.260 e. The minimum atomic E-state index is 0.0449. The number of rotatable bonds is 3. The van der Waals surface area contributed by atoms with Crippen LogP contribution in [0.1, 0.15) is 21.5 Å². The van der Waals surface area contributed by atoms with Crippen LogP contribution in [0.5, 0.6) is 0 Å². The van der Waals surface area contributed by atoms with E-state index in [9.17, 15) is 4.79 Å². The summed E-state index contributed by atoms with van der Waals surface area (Å²) in [5.41, 5.74) is 3.31. The summed E-state index contributed by atoms with van der Waals surface area (Å²) >= 11 is 3.85. The molecule has 0 N–H and O–H groups in total. The van der Waals surface area contributed by atoms with E-state index in [1.807, 2.05) is 30.3 Å². The minimum absolute atomic E-state index is 0.0449. The monoisotopic (exact) mass is 436 g/mol. The zero-order chi connectivity index (χ0) is 16.2. The second-order valence-corrected chi connectivity index (χ2v) is 7.42. The Hall–Kier alpha value is -1.34. The quantitative estimate of drug-likeness (QED) is 0.671. The lowest BCUT2D eigenvalue weighted by Gasteiger charge is -2.18. The van der Waals surface area contributed by atoms with E-state index in [2.05, 4.69) is 52.7 Å². The van der Waals surface area contributed by atoms with Crippen LogP contribution in [-0.2, 0) is 5.75 Å². The van der Waals surface area contributed by atoms with Crippen molar-refractivity contribution in [3.63, 3.8) is 0 Å². The van der Waals surface area contributed by atoms with Crippen LogP contribution in [0.25, 0.3) is 0 Å². The average Bonchev–Trinajstić information content (AvgIpc) is 3.02. The van der Waals surface area contributed by atoms with E-state index in [0.29, 0.717) is 13.1 Å². The van der Waals surface area contributed by atoms with Crippen LogP contribution in [0, 0.1) is 10.5 Å².